The van der Waals surface area contributed by atoms with Crippen LogP contribution in [0.4, 0.5) is 0 Å². The molecule has 0 aliphatic heterocycles. The molecule has 2 nitrogen and oxygen atoms in total. The largest absolute Gasteiger partial charge is 0.392 e. The molecule has 0 spiro atoms. The standard InChI is InChI=1S/C14H20O2/c1-2-14(10-6-7-11-15)16-12-13-8-4-3-5-9-13/h3-9,14-15H,2,10-12H2,1H3/b7-6+/t14-/m1/s1. The maximum atomic E-state index is 8.63. The van der Waals surface area contributed by atoms with E-state index in [1.54, 1.807) is 6.08 Å². The van der Waals surface area contributed by atoms with Gasteiger partial charge >= 0.3 is 0 Å². The first-order chi connectivity index (χ1) is 7.86. The van der Waals surface area contributed by atoms with E-state index in [1.807, 2.05) is 24.3 Å². The number of benzene rings is 1. The van der Waals surface area contributed by atoms with Gasteiger partial charge < -0.3 is 9.84 Å². The van der Waals surface area contributed by atoms with Crippen LogP contribution in [0.1, 0.15) is 25.3 Å². The quantitative estimate of drug-likeness (QED) is 0.716. The maximum Gasteiger partial charge on any atom is 0.0720 e. The Balaban J connectivity index is 2.31. The van der Waals surface area contributed by atoms with Gasteiger partial charge in [0.05, 0.1) is 19.3 Å². The monoisotopic (exact) mass is 220 g/mol. The van der Waals surface area contributed by atoms with Gasteiger partial charge in [-0.3, -0.25) is 0 Å². The molecule has 0 aliphatic carbocycles. The first-order valence-electron chi connectivity index (χ1n) is 5.78. The Hall–Kier alpha value is -1.12. The van der Waals surface area contributed by atoms with E-state index in [2.05, 4.69) is 19.1 Å². The summed E-state index contributed by atoms with van der Waals surface area (Å²) in [7, 11) is 0. The summed E-state index contributed by atoms with van der Waals surface area (Å²) in [4.78, 5) is 0. The third-order valence-corrected chi connectivity index (χ3v) is 2.45. The Labute approximate surface area is 97.6 Å². The van der Waals surface area contributed by atoms with Crippen molar-refractivity contribution in [2.24, 2.45) is 0 Å². The minimum atomic E-state index is 0.106. The van der Waals surface area contributed by atoms with Gasteiger partial charge in [0, 0.05) is 0 Å². The summed E-state index contributed by atoms with van der Waals surface area (Å²) >= 11 is 0. The van der Waals surface area contributed by atoms with E-state index in [0.29, 0.717) is 6.61 Å². The van der Waals surface area contributed by atoms with Crippen LogP contribution in [0.15, 0.2) is 42.5 Å². The zero-order valence-corrected chi connectivity index (χ0v) is 9.80. The van der Waals surface area contributed by atoms with Crippen LogP contribution >= 0.6 is 0 Å². The lowest BCUT2D eigenvalue weighted by Gasteiger charge is -2.14. The fraction of sp³-hybridized carbons (Fsp3) is 0.429. The molecule has 1 rings (SSSR count). The minimum absolute atomic E-state index is 0.106. The Morgan fingerprint density at radius 2 is 2.00 bits per heavy atom. The highest BCUT2D eigenvalue weighted by molar-refractivity contribution is 5.13. The highest BCUT2D eigenvalue weighted by Crippen LogP contribution is 2.09. The van der Waals surface area contributed by atoms with Gasteiger partial charge in [-0.05, 0) is 18.4 Å². The molecule has 0 aromatic heterocycles. The van der Waals surface area contributed by atoms with Gasteiger partial charge in [-0.2, -0.15) is 0 Å². The lowest BCUT2D eigenvalue weighted by atomic mass is 10.2. The van der Waals surface area contributed by atoms with Crippen molar-refractivity contribution < 1.29 is 9.84 Å². The Bertz CT molecular complexity index is 293. The molecule has 0 unspecified atom stereocenters. The molecule has 1 atom stereocenters. The van der Waals surface area contributed by atoms with Crippen molar-refractivity contribution in [3.8, 4) is 0 Å². The number of ether oxygens (including phenoxy) is 1. The molecule has 0 radical (unpaired) electrons. The summed E-state index contributed by atoms with van der Waals surface area (Å²) < 4.78 is 5.79. The summed E-state index contributed by atoms with van der Waals surface area (Å²) in [5.41, 5.74) is 1.20. The maximum absolute atomic E-state index is 8.63. The number of hydrogen-bond donors (Lipinski definition) is 1. The van der Waals surface area contributed by atoms with E-state index in [4.69, 9.17) is 9.84 Å². The average molecular weight is 220 g/mol. The second-order valence-corrected chi connectivity index (χ2v) is 3.72. The molecular formula is C14H20O2. The number of aliphatic hydroxyl groups excluding tert-OH is 1. The predicted octanol–water partition coefficient (Wildman–Crippen LogP) is 2.92. The molecule has 88 valence electrons. The summed E-state index contributed by atoms with van der Waals surface area (Å²) in [6.07, 6.45) is 5.82. The summed E-state index contributed by atoms with van der Waals surface area (Å²) in [6, 6.07) is 10.2. The van der Waals surface area contributed by atoms with Crippen LogP contribution in [0.25, 0.3) is 0 Å². The molecule has 1 N–H and O–H groups in total. The molecule has 2 heteroatoms. The predicted molar refractivity (Wildman–Crippen MR) is 66.2 cm³/mol. The van der Waals surface area contributed by atoms with Gasteiger partial charge in [0.25, 0.3) is 0 Å². The minimum Gasteiger partial charge on any atom is -0.392 e. The smallest absolute Gasteiger partial charge is 0.0720 e. The van der Waals surface area contributed by atoms with Crippen LogP contribution in [-0.4, -0.2) is 17.8 Å². The molecule has 0 saturated carbocycles. The Kier molecular flexibility index (Phi) is 6.54. The van der Waals surface area contributed by atoms with Gasteiger partial charge in [-0.15, -0.1) is 0 Å². The van der Waals surface area contributed by atoms with Crippen molar-refractivity contribution in [3.05, 3.63) is 48.0 Å². The van der Waals surface area contributed by atoms with Crippen molar-refractivity contribution in [1.82, 2.24) is 0 Å². The van der Waals surface area contributed by atoms with E-state index in [9.17, 15) is 0 Å². The molecule has 1 aromatic carbocycles. The summed E-state index contributed by atoms with van der Waals surface area (Å²) in [6.45, 7) is 2.88. The van der Waals surface area contributed by atoms with Crippen LogP contribution in [0.3, 0.4) is 0 Å². The second-order valence-electron chi connectivity index (χ2n) is 3.72. The van der Waals surface area contributed by atoms with Gasteiger partial charge in [-0.25, -0.2) is 0 Å². The van der Waals surface area contributed by atoms with Crippen LogP contribution in [-0.2, 0) is 11.3 Å². The second kappa shape index (κ2) is 8.08. The highest BCUT2D eigenvalue weighted by atomic mass is 16.5. The van der Waals surface area contributed by atoms with Crippen LogP contribution in [0, 0.1) is 0 Å². The van der Waals surface area contributed by atoms with Gasteiger partial charge in [-0.1, -0.05) is 49.4 Å². The summed E-state index contributed by atoms with van der Waals surface area (Å²) in [5.74, 6) is 0. The molecule has 0 saturated heterocycles. The zero-order chi connectivity index (χ0) is 11.6. The van der Waals surface area contributed by atoms with Gasteiger partial charge in [0.2, 0.25) is 0 Å². The molecule has 0 aliphatic rings. The number of aliphatic hydroxyl groups is 1. The molecule has 0 amide bonds. The highest BCUT2D eigenvalue weighted by Gasteiger charge is 2.04. The molecular weight excluding hydrogens is 200 g/mol. The normalized spacial score (nSPS) is 13.1. The van der Waals surface area contributed by atoms with E-state index in [-0.39, 0.29) is 12.7 Å². The Morgan fingerprint density at radius 1 is 1.25 bits per heavy atom. The third-order valence-electron chi connectivity index (χ3n) is 2.45. The molecule has 0 fully saturated rings. The van der Waals surface area contributed by atoms with Gasteiger partial charge in [0.1, 0.15) is 0 Å². The van der Waals surface area contributed by atoms with Crippen molar-refractivity contribution in [1.29, 1.82) is 0 Å². The van der Waals surface area contributed by atoms with Crippen molar-refractivity contribution in [2.75, 3.05) is 6.61 Å². The lowest BCUT2D eigenvalue weighted by molar-refractivity contribution is 0.0402. The van der Waals surface area contributed by atoms with E-state index in [1.165, 1.54) is 5.56 Å². The molecule has 0 bridgehead atoms. The fourth-order valence-corrected chi connectivity index (χ4v) is 1.46. The SMILES string of the molecule is CC[C@H](C/C=C/CO)OCc1ccccc1. The lowest BCUT2D eigenvalue weighted by Crippen LogP contribution is -2.10. The van der Waals surface area contributed by atoms with E-state index < -0.39 is 0 Å². The zero-order valence-electron chi connectivity index (χ0n) is 9.80. The number of rotatable bonds is 7. The van der Waals surface area contributed by atoms with Crippen LogP contribution in [0.5, 0.6) is 0 Å². The van der Waals surface area contributed by atoms with Crippen LogP contribution in [0.2, 0.25) is 0 Å². The van der Waals surface area contributed by atoms with E-state index >= 15 is 0 Å². The topological polar surface area (TPSA) is 29.5 Å². The molecule has 1 aromatic rings. The first kappa shape index (κ1) is 12.9. The van der Waals surface area contributed by atoms with Gasteiger partial charge in [0.15, 0.2) is 0 Å². The number of hydrogen-bond acceptors (Lipinski definition) is 2. The first-order valence-corrected chi connectivity index (χ1v) is 5.78. The van der Waals surface area contributed by atoms with E-state index in [0.717, 1.165) is 12.8 Å². The molecule has 16 heavy (non-hydrogen) atoms. The van der Waals surface area contributed by atoms with Crippen molar-refractivity contribution in [3.63, 3.8) is 0 Å². The summed E-state index contributed by atoms with van der Waals surface area (Å²) in [5, 5.41) is 8.63. The fourth-order valence-electron chi connectivity index (χ4n) is 1.46. The Morgan fingerprint density at radius 3 is 2.62 bits per heavy atom. The third kappa shape index (κ3) is 5.10. The van der Waals surface area contributed by atoms with Crippen molar-refractivity contribution >= 4 is 0 Å². The average Bonchev–Trinajstić information content (AvgIpc) is 2.35. The molecule has 0 heterocycles. The van der Waals surface area contributed by atoms with Crippen molar-refractivity contribution in [2.45, 2.75) is 32.5 Å². The van der Waals surface area contributed by atoms with Crippen LogP contribution < -0.4 is 0 Å².